The van der Waals surface area contributed by atoms with E-state index in [4.69, 9.17) is 21.1 Å². The number of nitrogens with zero attached hydrogens (tertiary/aromatic N) is 2. The topological polar surface area (TPSA) is 105 Å². The van der Waals surface area contributed by atoms with Crippen LogP contribution in [-0.2, 0) is 26.2 Å². The van der Waals surface area contributed by atoms with Crippen molar-refractivity contribution in [1.29, 1.82) is 0 Å². The molecule has 38 heavy (non-hydrogen) atoms. The van der Waals surface area contributed by atoms with Gasteiger partial charge in [-0.05, 0) is 49.6 Å². The number of hydrogen-bond donors (Lipinski definition) is 1. The lowest BCUT2D eigenvalue weighted by Gasteiger charge is -2.33. The van der Waals surface area contributed by atoms with Gasteiger partial charge in [-0.25, -0.2) is 8.42 Å². The average Bonchev–Trinajstić information content (AvgIpc) is 2.89. The lowest BCUT2D eigenvalue weighted by atomic mass is 9.95. The minimum atomic E-state index is -3.85. The van der Waals surface area contributed by atoms with Crippen LogP contribution in [0.2, 0.25) is 5.02 Å². The van der Waals surface area contributed by atoms with Gasteiger partial charge in [0.2, 0.25) is 21.8 Å². The first-order valence-electron chi connectivity index (χ1n) is 12.8. The van der Waals surface area contributed by atoms with Gasteiger partial charge in [-0.3, -0.25) is 13.9 Å². The Morgan fingerprint density at radius 3 is 2.45 bits per heavy atom. The molecule has 1 N–H and O–H groups in total. The van der Waals surface area contributed by atoms with E-state index in [0.717, 1.165) is 48.2 Å². The monoisotopic (exact) mass is 563 g/mol. The number of carbonyl (C=O) groups excluding carboxylic acids is 2. The van der Waals surface area contributed by atoms with Crippen LogP contribution in [0.3, 0.4) is 0 Å². The molecule has 9 nitrogen and oxygen atoms in total. The van der Waals surface area contributed by atoms with Crippen LogP contribution in [0.25, 0.3) is 0 Å². The number of carbonyl (C=O) groups is 2. The zero-order valence-electron chi connectivity index (χ0n) is 21.7. The number of hydrogen-bond acceptors (Lipinski definition) is 6. The summed E-state index contributed by atoms with van der Waals surface area (Å²) in [7, 11) is -3.85. The normalized spacial score (nSPS) is 16.4. The molecule has 0 unspecified atom stereocenters. The Labute approximate surface area is 229 Å². The number of fused-ring (bicyclic) bond motifs is 1. The minimum Gasteiger partial charge on any atom is -0.486 e. The lowest BCUT2D eigenvalue weighted by Crippen LogP contribution is -2.53. The van der Waals surface area contributed by atoms with Crippen molar-refractivity contribution in [2.45, 2.75) is 57.7 Å². The summed E-state index contributed by atoms with van der Waals surface area (Å²) in [5.74, 6) is 0.135. The third-order valence-corrected chi connectivity index (χ3v) is 8.23. The van der Waals surface area contributed by atoms with Crippen LogP contribution in [0.15, 0.2) is 42.5 Å². The molecule has 2 aliphatic rings. The molecule has 206 valence electrons. The molecule has 0 radical (unpaired) electrons. The molecule has 1 atom stereocenters. The van der Waals surface area contributed by atoms with Gasteiger partial charge in [-0.15, -0.1) is 0 Å². The van der Waals surface area contributed by atoms with Crippen molar-refractivity contribution >= 4 is 39.1 Å². The Hall–Kier alpha value is -2.98. The molecular formula is C27H34ClN3O6S. The van der Waals surface area contributed by atoms with E-state index in [-0.39, 0.29) is 24.2 Å². The molecule has 2 amide bonds. The minimum absolute atomic E-state index is 0.0760. The SMILES string of the molecule is C[C@H](C(=O)NC1CCCCC1)N(Cc1cccc(Cl)c1)C(=O)CN(c1ccc2c(c1)OCCO2)S(C)(=O)=O. The van der Waals surface area contributed by atoms with E-state index in [9.17, 15) is 18.0 Å². The van der Waals surface area contributed by atoms with E-state index in [1.165, 1.54) is 4.90 Å². The van der Waals surface area contributed by atoms with E-state index in [1.807, 2.05) is 6.07 Å². The fourth-order valence-corrected chi connectivity index (χ4v) is 5.84. The van der Waals surface area contributed by atoms with Crippen LogP contribution in [0, 0.1) is 0 Å². The van der Waals surface area contributed by atoms with Gasteiger partial charge < -0.3 is 19.7 Å². The summed E-state index contributed by atoms with van der Waals surface area (Å²) < 4.78 is 37.8. The first-order chi connectivity index (χ1) is 18.1. The van der Waals surface area contributed by atoms with E-state index in [2.05, 4.69) is 5.32 Å². The predicted molar refractivity (Wildman–Crippen MR) is 146 cm³/mol. The van der Waals surface area contributed by atoms with Crippen LogP contribution >= 0.6 is 11.6 Å². The summed E-state index contributed by atoms with van der Waals surface area (Å²) >= 11 is 6.17. The number of rotatable bonds is 9. The molecule has 4 rings (SSSR count). The largest absolute Gasteiger partial charge is 0.486 e. The summed E-state index contributed by atoms with van der Waals surface area (Å²) in [5, 5.41) is 3.58. The Kier molecular flexibility index (Phi) is 9.04. The number of sulfonamides is 1. The quantitative estimate of drug-likeness (QED) is 0.498. The van der Waals surface area contributed by atoms with Crippen molar-refractivity contribution < 1.29 is 27.5 Å². The van der Waals surface area contributed by atoms with Crippen LogP contribution in [0.5, 0.6) is 11.5 Å². The molecule has 0 spiro atoms. The number of halogens is 1. The maximum absolute atomic E-state index is 13.7. The second kappa shape index (κ2) is 12.3. The summed E-state index contributed by atoms with van der Waals surface area (Å²) in [5.41, 5.74) is 1.00. The smallest absolute Gasteiger partial charge is 0.244 e. The summed E-state index contributed by atoms with van der Waals surface area (Å²) in [6.45, 7) is 2.02. The number of ether oxygens (including phenoxy) is 2. The molecule has 1 heterocycles. The second-order valence-electron chi connectivity index (χ2n) is 9.77. The molecule has 0 saturated heterocycles. The number of amides is 2. The fraction of sp³-hybridized carbons (Fsp3) is 0.481. The maximum atomic E-state index is 13.7. The Balaban J connectivity index is 1.59. The molecule has 0 bridgehead atoms. The van der Waals surface area contributed by atoms with Gasteiger partial charge in [0, 0.05) is 23.7 Å². The molecule has 1 aliphatic heterocycles. The van der Waals surface area contributed by atoms with Crippen LogP contribution in [0.4, 0.5) is 5.69 Å². The van der Waals surface area contributed by atoms with E-state index in [1.54, 1.807) is 43.3 Å². The molecule has 1 aliphatic carbocycles. The maximum Gasteiger partial charge on any atom is 0.244 e. The second-order valence-corrected chi connectivity index (χ2v) is 12.1. The zero-order valence-corrected chi connectivity index (χ0v) is 23.3. The van der Waals surface area contributed by atoms with E-state index in [0.29, 0.717) is 29.7 Å². The van der Waals surface area contributed by atoms with Crippen molar-refractivity contribution in [1.82, 2.24) is 10.2 Å². The molecular weight excluding hydrogens is 530 g/mol. The van der Waals surface area contributed by atoms with E-state index >= 15 is 0 Å². The van der Waals surface area contributed by atoms with Crippen LogP contribution in [0.1, 0.15) is 44.6 Å². The van der Waals surface area contributed by atoms with Crippen molar-refractivity contribution in [3.8, 4) is 11.5 Å². The first kappa shape index (κ1) is 28.0. The standard InChI is InChI=1S/C27H34ClN3O6S/c1-19(27(33)29-22-9-4-3-5-10-22)30(17-20-7-6-8-21(28)15-20)26(32)18-31(38(2,34)35)23-11-12-24-25(16-23)37-14-13-36-24/h6-8,11-12,15-16,19,22H,3-5,9-10,13-14,17-18H2,1-2H3,(H,29,33)/t19-/m1/s1. The summed E-state index contributed by atoms with van der Waals surface area (Å²) in [6, 6.07) is 11.0. The Bertz CT molecular complexity index is 1270. The predicted octanol–water partition coefficient (Wildman–Crippen LogP) is 3.74. The van der Waals surface area contributed by atoms with Gasteiger partial charge in [0.1, 0.15) is 25.8 Å². The number of anilines is 1. The highest BCUT2D eigenvalue weighted by atomic mass is 35.5. The van der Waals surface area contributed by atoms with Crippen molar-refractivity contribution in [3.05, 3.63) is 53.1 Å². The van der Waals surface area contributed by atoms with Crippen LogP contribution in [-0.4, -0.2) is 63.2 Å². The lowest BCUT2D eigenvalue weighted by molar-refractivity contribution is -0.139. The third kappa shape index (κ3) is 7.11. The highest BCUT2D eigenvalue weighted by Gasteiger charge is 2.31. The molecule has 1 saturated carbocycles. The van der Waals surface area contributed by atoms with Crippen LogP contribution < -0.4 is 19.1 Å². The molecule has 11 heteroatoms. The number of benzene rings is 2. The zero-order chi connectivity index (χ0) is 27.3. The highest BCUT2D eigenvalue weighted by Crippen LogP contribution is 2.34. The Morgan fingerprint density at radius 2 is 1.76 bits per heavy atom. The van der Waals surface area contributed by atoms with Gasteiger partial charge >= 0.3 is 0 Å². The molecule has 1 fully saturated rings. The van der Waals surface area contributed by atoms with Crippen molar-refractivity contribution in [2.75, 3.05) is 30.3 Å². The number of nitrogens with one attached hydrogen (secondary N) is 1. The Morgan fingerprint density at radius 1 is 1.05 bits per heavy atom. The molecule has 2 aromatic rings. The average molecular weight is 564 g/mol. The third-order valence-electron chi connectivity index (χ3n) is 6.85. The molecule has 2 aromatic carbocycles. The van der Waals surface area contributed by atoms with Gasteiger partial charge in [-0.2, -0.15) is 0 Å². The summed E-state index contributed by atoms with van der Waals surface area (Å²) in [6.07, 6.45) is 6.13. The van der Waals surface area contributed by atoms with Gasteiger partial charge in [0.25, 0.3) is 0 Å². The van der Waals surface area contributed by atoms with Gasteiger partial charge in [-0.1, -0.05) is 43.0 Å². The highest BCUT2D eigenvalue weighted by molar-refractivity contribution is 7.92. The van der Waals surface area contributed by atoms with Gasteiger partial charge in [0.05, 0.1) is 11.9 Å². The first-order valence-corrected chi connectivity index (χ1v) is 15.1. The summed E-state index contributed by atoms with van der Waals surface area (Å²) in [4.78, 5) is 28.4. The fourth-order valence-electron chi connectivity index (χ4n) is 4.78. The van der Waals surface area contributed by atoms with Gasteiger partial charge in [0.15, 0.2) is 11.5 Å². The van der Waals surface area contributed by atoms with E-state index < -0.39 is 28.5 Å². The van der Waals surface area contributed by atoms with Crippen molar-refractivity contribution in [2.24, 2.45) is 0 Å². The van der Waals surface area contributed by atoms with Crippen molar-refractivity contribution in [3.63, 3.8) is 0 Å². The molecule has 0 aromatic heterocycles.